The van der Waals surface area contributed by atoms with Crippen LogP contribution in [-0.4, -0.2) is 28.4 Å². The molecular formula is C18H24N2O4. The topological polar surface area (TPSA) is 95.5 Å². The number of hydrogen-bond donors (Lipinski definition) is 3. The van der Waals surface area contributed by atoms with Crippen molar-refractivity contribution in [1.29, 1.82) is 0 Å². The van der Waals surface area contributed by atoms with Gasteiger partial charge in [-0.25, -0.2) is 0 Å². The summed E-state index contributed by atoms with van der Waals surface area (Å²) >= 11 is 0. The molecule has 2 rings (SSSR count). The van der Waals surface area contributed by atoms with E-state index in [4.69, 9.17) is 0 Å². The molecule has 1 saturated carbocycles. The Balaban J connectivity index is 2.24. The maximum Gasteiger partial charge on any atom is 0.305 e. The van der Waals surface area contributed by atoms with Gasteiger partial charge < -0.3 is 15.7 Å². The van der Waals surface area contributed by atoms with Gasteiger partial charge in [0.2, 0.25) is 5.91 Å². The zero-order chi connectivity index (χ0) is 17.7. The zero-order valence-electron chi connectivity index (χ0n) is 14.1. The molecule has 0 radical (unpaired) electrons. The van der Waals surface area contributed by atoms with Gasteiger partial charge in [-0.2, -0.15) is 0 Å². The lowest BCUT2D eigenvalue weighted by atomic mass is 9.79. The molecule has 0 aromatic heterocycles. The maximum atomic E-state index is 12.7. The molecule has 6 heteroatoms. The number of carbonyl (C=O) groups is 3. The van der Waals surface area contributed by atoms with Crippen molar-refractivity contribution in [2.75, 3.05) is 5.32 Å². The summed E-state index contributed by atoms with van der Waals surface area (Å²) in [5.74, 6) is -1.39. The molecule has 0 heterocycles. The summed E-state index contributed by atoms with van der Waals surface area (Å²) in [6.07, 6.45) is 4.18. The van der Waals surface area contributed by atoms with Gasteiger partial charge in [-0.1, -0.05) is 25.3 Å². The van der Waals surface area contributed by atoms with Gasteiger partial charge >= 0.3 is 5.97 Å². The summed E-state index contributed by atoms with van der Waals surface area (Å²) in [4.78, 5) is 35.2. The molecule has 0 spiro atoms. The minimum absolute atomic E-state index is 0.0663. The molecule has 3 N–H and O–H groups in total. The first kappa shape index (κ1) is 18.0. The minimum atomic E-state index is -0.902. The standard InChI is InChI=1S/C18H24N2O4/c1-12-14(7-6-8-15(12)19-13(2)21)17(24)20-18(11-16(22)23)9-4-3-5-10-18/h6-8H,3-5,9-11H2,1-2H3,(H,19,21)(H,20,24)(H,22,23). The van der Waals surface area contributed by atoms with E-state index in [-0.39, 0.29) is 18.2 Å². The number of amides is 2. The highest BCUT2D eigenvalue weighted by Crippen LogP contribution is 2.32. The van der Waals surface area contributed by atoms with E-state index in [1.165, 1.54) is 6.92 Å². The van der Waals surface area contributed by atoms with Crippen molar-refractivity contribution in [2.24, 2.45) is 0 Å². The smallest absolute Gasteiger partial charge is 0.305 e. The van der Waals surface area contributed by atoms with Crippen LogP contribution in [0, 0.1) is 6.92 Å². The average molecular weight is 332 g/mol. The Bertz CT molecular complexity index is 648. The lowest BCUT2D eigenvalue weighted by Gasteiger charge is -2.37. The highest BCUT2D eigenvalue weighted by Gasteiger charge is 2.36. The Labute approximate surface area is 141 Å². The lowest BCUT2D eigenvalue weighted by Crippen LogP contribution is -2.51. The van der Waals surface area contributed by atoms with E-state index in [1.807, 2.05) is 0 Å². The predicted molar refractivity (Wildman–Crippen MR) is 91.0 cm³/mol. The van der Waals surface area contributed by atoms with Crippen LogP contribution in [0.3, 0.4) is 0 Å². The van der Waals surface area contributed by atoms with E-state index >= 15 is 0 Å². The van der Waals surface area contributed by atoms with E-state index in [0.29, 0.717) is 29.7 Å². The normalized spacial score (nSPS) is 16.2. The van der Waals surface area contributed by atoms with Gasteiger partial charge in [0, 0.05) is 18.2 Å². The number of rotatable bonds is 5. The Morgan fingerprint density at radius 3 is 2.42 bits per heavy atom. The number of anilines is 1. The largest absolute Gasteiger partial charge is 0.481 e. The third kappa shape index (κ3) is 4.34. The first-order valence-electron chi connectivity index (χ1n) is 8.24. The number of nitrogens with one attached hydrogen (secondary N) is 2. The highest BCUT2D eigenvalue weighted by atomic mass is 16.4. The molecular weight excluding hydrogens is 308 g/mol. The number of aliphatic carboxylic acids is 1. The molecule has 1 aromatic rings. The molecule has 0 bridgehead atoms. The molecule has 0 saturated heterocycles. The van der Waals surface area contributed by atoms with E-state index in [2.05, 4.69) is 10.6 Å². The Morgan fingerprint density at radius 2 is 1.83 bits per heavy atom. The summed E-state index contributed by atoms with van der Waals surface area (Å²) in [5.41, 5.74) is 1.03. The van der Waals surface area contributed by atoms with Crippen molar-refractivity contribution < 1.29 is 19.5 Å². The fourth-order valence-corrected chi connectivity index (χ4v) is 3.38. The fraction of sp³-hybridized carbons (Fsp3) is 0.500. The molecule has 6 nitrogen and oxygen atoms in total. The van der Waals surface area contributed by atoms with Crippen LogP contribution in [0.15, 0.2) is 18.2 Å². The second-order valence-electron chi connectivity index (χ2n) is 6.52. The third-order valence-electron chi connectivity index (χ3n) is 4.57. The molecule has 1 aromatic carbocycles. The van der Waals surface area contributed by atoms with Crippen molar-refractivity contribution in [3.63, 3.8) is 0 Å². The fourth-order valence-electron chi connectivity index (χ4n) is 3.38. The number of benzene rings is 1. The molecule has 2 amide bonds. The van der Waals surface area contributed by atoms with Crippen LogP contribution in [0.25, 0.3) is 0 Å². The first-order chi connectivity index (χ1) is 11.3. The van der Waals surface area contributed by atoms with E-state index in [9.17, 15) is 19.5 Å². The van der Waals surface area contributed by atoms with Crippen LogP contribution >= 0.6 is 0 Å². The molecule has 130 valence electrons. The van der Waals surface area contributed by atoms with E-state index in [0.717, 1.165) is 19.3 Å². The van der Waals surface area contributed by atoms with Gasteiger partial charge in [-0.3, -0.25) is 14.4 Å². The van der Waals surface area contributed by atoms with Crippen LogP contribution in [-0.2, 0) is 9.59 Å². The number of carboxylic acids is 1. The van der Waals surface area contributed by atoms with Gasteiger partial charge in [0.05, 0.1) is 12.0 Å². The monoisotopic (exact) mass is 332 g/mol. The van der Waals surface area contributed by atoms with Crippen molar-refractivity contribution in [3.8, 4) is 0 Å². The van der Waals surface area contributed by atoms with Gasteiger partial charge in [0.1, 0.15) is 0 Å². The lowest BCUT2D eigenvalue weighted by molar-refractivity contribution is -0.139. The first-order valence-corrected chi connectivity index (χ1v) is 8.24. The molecule has 0 atom stereocenters. The Hall–Kier alpha value is -2.37. The summed E-state index contributed by atoms with van der Waals surface area (Å²) < 4.78 is 0. The quantitative estimate of drug-likeness (QED) is 0.772. The number of carboxylic acid groups (broad SMARTS) is 1. The Kier molecular flexibility index (Phi) is 5.59. The molecule has 1 fully saturated rings. The van der Waals surface area contributed by atoms with Crippen molar-refractivity contribution >= 4 is 23.5 Å². The second kappa shape index (κ2) is 7.47. The molecule has 0 unspecified atom stereocenters. The van der Waals surface area contributed by atoms with Crippen molar-refractivity contribution in [3.05, 3.63) is 29.3 Å². The van der Waals surface area contributed by atoms with E-state index in [1.54, 1.807) is 25.1 Å². The third-order valence-corrected chi connectivity index (χ3v) is 4.57. The predicted octanol–water partition coefficient (Wildman–Crippen LogP) is 2.86. The van der Waals surface area contributed by atoms with Crippen molar-refractivity contribution in [1.82, 2.24) is 5.32 Å². The molecule has 24 heavy (non-hydrogen) atoms. The maximum absolute atomic E-state index is 12.7. The van der Waals surface area contributed by atoms with Crippen LogP contribution in [0.4, 0.5) is 5.69 Å². The summed E-state index contributed by atoms with van der Waals surface area (Å²) in [6, 6.07) is 5.13. The summed E-state index contributed by atoms with van der Waals surface area (Å²) in [6.45, 7) is 3.18. The highest BCUT2D eigenvalue weighted by molar-refractivity contribution is 5.99. The van der Waals surface area contributed by atoms with Crippen LogP contribution in [0.5, 0.6) is 0 Å². The summed E-state index contributed by atoms with van der Waals surface area (Å²) in [7, 11) is 0. The van der Waals surface area contributed by atoms with Crippen LogP contribution in [0.1, 0.15) is 61.4 Å². The number of carbonyl (C=O) groups excluding carboxylic acids is 2. The van der Waals surface area contributed by atoms with Crippen LogP contribution in [0.2, 0.25) is 0 Å². The van der Waals surface area contributed by atoms with E-state index < -0.39 is 11.5 Å². The SMILES string of the molecule is CC(=O)Nc1cccc(C(=O)NC2(CC(=O)O)CCCCC2)c1C. The van der Waals surface area contributed by atoms with Gasteiger partial charge in [0.15, 0.2) is 0 Å². The molecule has 1 aliphatic rings. The van der Waals surface area contributed by atoms with Crippen LogP contribution < -0.4 is 10.6 Å². The average Bonchev–Trinajstić information content (AvgIpc) is 2.48. The molecule has 1 aliphatic carbocycles. The van der Waals surface area contributed by atoms with Crippen molar-refractivity contribution in [2.45, 2.75) is 57.9 Å². The van der Waals surface area contributed by atoms with Gasteiger partial charge in [0.25, 0.3) is 5.91 Å². The zero-order valence-corrected chi connectivity index (χ0v) is 14.1. The molecule has 0 aliphatic heterocycles. The van der Waals surface area contributed by atoms with Gasteiger partial charge in [-0.05, 0) is 37.5 Å². The van der Waals surface area contributed by atoms with Gasteiger partial charge in [-0.15, -0.1) is 0 Å². The number of hydrogen-bond acceptors (Lipinski definition) is 3. The summed E-state index contributed by atoms with van der Waals surface area (Å²) in [5, 5.41) is 14.9. The Morgan fingerprint density at radius 1 is 1.17 bits per heavy atom. The minimum Gasteiger partial charge on any atom is -0.481 e. The second-order valence-corrected chi connectivity index (χ2v) is 6.52.